The molecule has 4 rings (SSSR count). The van der Waals surface area contributed by atoms with Gasteiger partial charge < -0.3 is 9.47 Å². The van der Waals surface area contributed by atoms with E-state index in [4.69, 9.17) is 9.47 Å². The average molecular weight is 374 g/mol. The van der Waals surface area contributed by atoms with Crippen molar-refractivity contribution in [2.45, 2.75) is 6.54 Å². The fourth-order valence-corrected chi connectivity index (χ4v) is 3.56. The van der Waals surface area contributed by atoms with Crippen molar-refractivity contribution in [2.24, 2.45) is 0 Å². The Balaban J connectivity index is 1.67. The van der Waals surface area contributed by atoms with Gasteiger partial charge >= 0.3 is 0 Å². The first-order chi connectivity index (χ1) is 12.7. The fraction of sp³-hybridized carbons (Fsp3) is 0.235. The van der Waals surface area contributed by atoms with Gasteiger partial charge in [0.1, 0.15) is 30.8 Å². The molecule has 3 aromatic rings. The fourth-order valence-electron chi connectivity index (χ4n) is 2.55. The highest BCUT2D eigenvalue weighted by atomic mass is 32.1. The van der Waals surface area contributed by atoms with E-state index in [1.54, 1.807) is 35.3 Å². The number of anilines is 1. The number of benzene rings is 1. The van der Waals surface area contributed by atoms with Gasteiger partial charge in [0.15, 0.2) is 5.13 Å². The molecule has 1 aromatic carbocycles. The summed E-state index contributed by atoms with van der Waals surface area (Å²) in [5, 5.41) is 4.54. The Morgan fingerprint density at radius 3 is 3.00 bits per heavy atom. The second-order valence-corrected chi connectivity index (χ2v) is 6.52. The third kappa shape index (κ3) is 3.25. The molecule has 134 valence electrons. The molecule has 1 aliphatic rings. The van der Waals surface area contributed by atoms with Gasteiger partial charge in [0, 0.05) is 18.9 Å². The molecule has 0 saturated heterocycles. The molecule has 3 heterocycles. The maximum absolute atomic E-state index is 14.0. The maximum Gasteiger partial charge on any atom is 0.298 e. The van der Waals surface area contributed by atoms with Crippen molar-refractivity contribution < 1.29 is 18.7 Å². The van der Waals surface area contributed by atoms with E-state index >= 15 is 0 Å². The first-order valence-electron chi connectivity index (χ1n) is 8.01. The van der Waals surface area contributed by atoms with Gasteiger partial charge in [-0.1, -0.05) is 17.4 Å². The van der Waals surface area contributed by atoms with E-state index in [2.05, 4.69) is 10.1 Å². The minimum Gasteiger partial charge on any atom is -0.494 e. The highest BCUT2D eigenvalue weighted by Crippen LogP contribution is 2.31. The van der Waals surface area contributed by atoms with E-state index in [-0.39, 0.29) is 17.2 Å². The van der Waals surface area contributed by atoms with E-state index in [0.717, 1.165) is 0 Å². The quantitative estimate of drug-likeness (QED) is 0.687. The van der Waals surface area contributed by atoms with E-state index in [1.807, 2.05) is 0 Å². The van der Waals surface area contributed by atoms with Crippen LogP contribution in [0.3, 0.4) is 0 Å². The van der Waals surface area contributed by atoms with Gasteiger partial charge in [-0.05, 0) is 18.2 Å². The molecule has 26 heavy (non-hydrogen) atoms. The lowest BCUT2D eigenvalue weighted by atomic mass is 10.3. The number of nitrogens with zero attached hydrogens (tertiary/aromatic N) is 4. The molecular formula is C17H15FN4O3S. The summed E-state index contributed by atoms with van der Waals surface area (Å²) in [7, 11) is 0. The summed E-state index contributed by atoms with van der Waals surface area (Å²) in [5.41, 5.74) is 0.249. The molecule has 0 bridgehead atoms. The Kier molecular flexibility index (Phi) is 4.53. The number of hydrogen-bond acceptors (Lipinski definition) is 6. The summed E-state index contributed by atoms with van der Waals surface area (Å²) < 4.78 is 27.0. The number of carbonyl (C=O) groups is 1. The zero-order valence-corrected chi connectivity index (χ0v) is 14.5. The van der Waals surface area contributed by atoms with Crippen LogP contribution in [0.1, 0.15) is 0 Å². The van der Waals surface area contributed by atoms with Gasteiger partial charge in [-0.25, -0.2) is 9.37 Å². The molecule has 0 fully saturated rings. The number of amides is 1. The largest absolute Gasteiger partial charge is 0.494 e. The van der Waals surface area contributed by atoms with Crippen LogP contribution in [-0.4, -0.2) is 40.4 Å². The van der Waals surface area contributed by atoms with Crippen molar-refractivity contribution in [3.05, 3.63) is 54.5 Å². The zero-order chi connectivity index (χ0) is 17.9. The van der Waals surface area contributed by atoms with Crippen molar-refractivity contribution >= 4 is 32.6 Å². The van der Waals surface area contributed by atoms with E-state index in [0.29, 0.717) is 36.1 Å². The third-order valence-electron chi connectivity index (χ3n) is 3.81. The lowest BCUT2D eigenvalue weighted by Crippen LogP contribution is -2.36. The van der Waals surface area contributed by atoms with Crippen LogP contribution < -0.4 is 4.90 Å². The number of carbonyl (C=O) groups excluding carboxylic acids is 1. The first kappa shape index (κ1) is 16.5. The third-order valence-corrected chi connectivity index (χ3v) is 4.85. The normalized spacial score (nSPS) is 13.8. The van der Waals surface area contributed by atoms with Gasteiger partial charge in [-0.3, -0.25) is 14.4 Å². The van der Waals surface area contributed by atoms with Gasteiger partial charge in [0.2, 0.25) is 5.76 Å². The summed E-state index contributed by atoms with van der Waals surface area (Å²) in [5.74, 6) is -0.686. The number of rotatable bonds is 5. The van der Waals surface area contributed by atoms with Crippen molar-refractivity contribution in [2.75, 3.05) is 24.7 Å². The van der Waals surface area contributed by atoms with Crippen LogP contribution in [0.5, 0.6) is 0 Å². The highest BCUT2D eigenvalue weighted by molar-refractivity contribution is 7.22. The van der Waals surface area contributed by atoms with Crippen LogP contribution in [-0.2, 0) is 20.8 Å². The van der Waals surface area contributed by atoms with Crippen LogP contribution in [0.25, 0.3) is 10.2 Å². The van der Waals surface area contributed by atoms with Crippen molar-refractivity contribution in [3.63, 3.8) is 0 Å². The number of ether oxygens (including phenoxy) is 2. The van der Waals surface area contributed by atoms with E-state index in [9.17, 15) is 9.18 Å². The SMILES string of the molecule is O=C(C1=COCCO1)N(CCn1cccn1)c1nc2c(F)cccc2s1. The summed E-state index contributed by atoms with van der Waals surface area (Å²) in [6.07, 6.45) is 4.78. The lowest BCUT2D eigenvalue weighted by Gasteiger charge is -2.22. The molecule has 0 radical (unpaired) electrons. The standard InChI is InChI=1S/C17H15FN4O3S/c18-12-3-1-4-14-15(12)20-17(26-14)22(8-7-21-6-2-5-19-21)16(23)13-11-24-9-10-25-13/h1-6,11H,7-10H2. The monoisotopic (exact) mass is 374 g/mol. The number of aromatic nitrogens is 3. The van der Waals surface area contributed by atoms with Crippen LogP contribution in [0.4, 0.5) is 9.52 Å². The number of para-hydroxylation sites is 1. The molecule has 0 spiro atoms. The Morgan fingerprint density at radius 1 is 1.35 bits per heavy atom. The molecule has 2 aromatic heterocycles. The van der Waals surface area contributed by atoms with Crippen molar-refractivity contribution in [3.8, 4) is 0 Å². The second-order valence-electron chi connectivity index (χ2n) is 5.51. The van der Waals surface area contributed by atoms with E-state index in [1.165, 1.54) is 28.6 Å². The van der Waals surface area contributed by atoms with Gasteiger partial charge in [0.05, 0.1) is 11.2 Å². The molecule has 7 nitrogen and oxygen atoms in total. The van der Waals surface area contributed by atoms with Crippen LogP contribution in [0.15, 0.2) is 48.7 Å². The predicted molar refractivity (Wildman–Crippen MR) is 94.1 cm³/mol. The summed E-state index contributed by atoms with van der Waals surface area (Å²) >= 11 is 1.25. The average Bonchev–Trinajstić information content (AvgIpc) is 3.33. The summed E-state index contributed by atoms with van der Waals surface area (Å²) in [6.45, 7) is 1.48. The minimum absolute atomic E-state index is 0.108. The minimum atomic E-state index is -0.416. The molecule has 0 saturated carbocycles. The molecular weight excluding hydrogens is 359 g/mol. The predicted octanol–water partition coefficient (Wildman–Crippen LogP) is 2.55. The maximum atomic E-state index is 14.0. The first-order valence-corrected chi connectivity index (χ1v) is 8.83. The van der Waals surface area contributed by atoms with Crippen LogP contribution >= 0.6 is 11.3 Å². The lowest BCUT2D eigenvalue weighted by molar-refractivity contribution is -0.119. The molecule has 9 heteroatoms. The Labute approximate surface area is 152 Å². The zero-order valence-electron chi connectivity index (χ0n) is 13.7. The summed E-state index contributed by atoms with van der Waals surface area (Å²) in [6, 6.07) is 6.55. The molecule has 1 aliphatic heterocycles. The van der Waals surface area contributed by atoms with Gasteiger partial charge in [-0.2, -0.15) is 5.10 Å². The number of fused-ring (bicyclic) bond motifs is 1. The van der Waals surface area contributed by atoms with Crippen molar-refractivity contribution in [1.29, 1.82) is 0 Å². The smallest absolute Gasteiger partial charge is 0.298 e. The number of halogens is 1. The summed E-state index contributed by atoms with van der Waals surface area (Å²) in [4.78, 5) is 18.7. The van der Waals surface area contributed by atoms with Gasteiger partial charge in [0.25, 0.3) is 5.91 Å². The molecule has 0 N–H and O–H groups in total. The Morgan fingerprint density at radius 2 is 2.27 bits per heavy atom. The van der Waals surface area contributed by atoms with Crippen LogP contribution in [0.2, 0.25) is 0 Å². The van der Waals surface area contributed by atoms with E-state index < -0.39 is 5.82 Å². The van der Waals surface area contributed by atoms with Gasteiger partial charge in [-0.15, -0.1) is 0 Å². The molecule has 0 unspecified atom stereocenters. The number of hydrogen-bond donors (Lipinski definition) is 0. The highest BCUT2D eigenvalue weighted by Gasteiger charge is 2.26. The Hall–Kier alpha value is -2.94. The second kappa shape index (κ2) is 7.12. The molecule has 1 amide bonds. The molecule has 0 aliphatic carbocycles. The topological polar surface area (TPSA) is 69.5 Å². The van der Waals surface area contributed by atoms with Crippen LogP contribution in [0, 0.1) is 5.82 Å². The molecule has 0 atom stereocenters. The Bertz CT molecular complexity index is 954. The van der Waals surface area contributed by atoms with Crippen molar-refractivity contribution in [1.82, 2.24) is 14.8 Å². The number of thiazole rings is 1.